The summed E-state index contributed by atoms with van der Waals surface area (Å²) in [5.74, 6) is 0. The summed E-state index contributed by atoms with van der Waals surface area (Å²) >= 11 is 0. The van der Waals surface area contributed by atoms with Gasteiger partial charge in [-0.2, -0.15) is 0 Å². The van der Waals surface area contributed by atoms with E-state index in [1.165, 1.54) is 11.1 Å². The Morgan fingerprint density at radius 3 is 2.53 bits per heavy atom. The highest BCUT2D eigenvalue weighted by Crippen LogP contribution is 2.30. The molecule has 0 aliphatic rings. The van der Waals surface area contributed by atoms with E-state index in [0.717, 1.165) is 11.3 Å². The molecule has 9 nitrogen and oxygen atoms in total. The van der Waals surface area contributed by atoms with Gasteiger partial charge in [-0.15, -0.1) is 4.73 Å². The molecule has 0 fully saturated rings. The Morgan fingerprint density at radius 1 is 1.00 bits per heavy atom. The molecule has 4 rings (SSSR count). The Labute approximate surface area is 197 Å². The Kier molecular flexibility index (Phi) is 7.46. The average molecular weight is 462 g/mol. The highest BCUT2D eigenvalue weighted by atomic mass is 17.2. The summed E-state index contributed by atoms with van der Waals surface area (Å²) < 4.78 is 1.21. The van der Waals surface area contributed by atoms with E-state index in [0.29, 0.717) is 34.6 Å². The number of hydrogen-bond acceptors (Lipinski definition) is 8. The van der Waals surface area contributed by atoms with Crippen LogP contribution in [0.15, 0.2) is 65.8 Å². The number of anilines is 1. The second-order valence-electron chi connectivity index (χ2n) is 7.66. The number of fused-ring (bicyclic) bond motifs is 1. The predicted octanol–water partition coefficient (Wildman–Crippen LogP) is 3.76. The van der Waals surface area contributed by atoms with E-state index >= 15 is 0 Å². The summed E-state index contributed by atoms with van der Waals surface area (Å²) in [6, 6.07) is 15.1. The van der Waals surface area contributed by atoms with E-state index in [1.54, 1.807) is 6.20 Å². The van der Waals surface area contributed by atoms with Crippen molar-refractivity contribution in [1.82, 2.24) is 19.7 Å². The molecule has 0 spiro atoms. The third-order valence-electron chi connectivity index (χ3n) is 5.30. The molecule has 1 atom stereocenters. The summed E-state index contributed by atoms with van der Waals surface area (Å²) in [6.45, 7) is 6.10. The zero-order chi connectivity index (χ0) is 23.9. The topological polar surface area (TPSA) is 100 Å². The maximum absolute atomic E-state index is 13.6. The zero-order valence-electron chi connectivity index (χ0n) is 19.4. The average Bonchev–Trinajstić information content (AvgIpc) is 2.86. The van der Waals surface area contributed by atoms with E-state index in [1.807, 2.05) is 69.3 Å². The van der Waals surface area contributed by atoms with E-state index in [2.05, 4.69) is 20.3 Å². The summed E-state index contributed by atoms with van der Waals surface area (Å²) in [5.41, 5.74) is 3.32. The lowest BCUT2D eigenvalue weighted by molar-refractivity contribution is -0.300. The van der Waals surface area contributed by atoms with Gasteiger partial charge in [-0.3, -0.25) is 9.78 Å². The Morgan fingerprint density at radius 2 is 1.79 bits per heavy atom. The van der Waals surface area contributed by atoms with Gasteiger partial charge >= 0.3 is 0 Å². The first-order valence-electron chi connectivity index (χ1n) is 11.1. The highest BCUT2D eigenvalue weighted by molar-refractivity contribution is 5.92. The predicted molar refractivity (Wildman–Crippen MR) is 128 cm³/mol. The van der Waals surface area contributed by atoms with Gasteiger partial charge < -0.3 is 10.2 Å². The molecule has 3 aromatic heterocycles. The number of nitrogens with one attached hydrogen (secondary N) is 1. The zero-order valence-corrected chi connectivity index (χ0v) is 19.4. The lowest BCUT2D eigenvalue weighted by atomic mass is 10.1. The van der Waals surface area contributed by atoms with Gasteiger partial charge in [0.15, 0.2) is 5.65 Å². The van der Waals surface area contributed by atoms with Gasteiger partial charge in [0.1, 0.15) is 19.5 Å². The number of pyridine rings is 2. The number of aryl methyl sites for hydroxylation is 1. The second-order valence-corrected chi connectivity index (χ2v) is 7.66. The largest absolute Gasteiger partial charge is 0.404 e. The summed E-state index contributed by atoms with van der Waals surface area (Å²) in [7, 11) is 0. The van der Waals surface area contributed by atoms with Crippen molar-refractivity contribution in [3.8, 4) is 0 Å². The van der Waals surface area contributed by atoms with Crippen LogP contribution in [0.25, 0.3) is 11.0 Å². The molecule has 1 N–H and O–H groups in total. The van der Waals surface area contributed by atoms with Crippen molar-refractivity contribution < 1.29 is 14.6 Å². The molecular weight excluding hydrogens is 434 g/mol. The minimum Gasteiger partial charge on any atom is -0.404 e. The number of benzene rings is 1. The minimum atomic E-state index is -0.392. The standard InChI is InChI=1S/C25H27N5O4/c1-4-33-34-15-20-23(29-17(2)21-12-8-9-13-26-21)22-18(3)27-16-28-24(22)30(25(20)31)32-14-19-10-6-5-7-11-19/h5-13,16-17,29H,4,14-15H2,1-3H3. The van der Waals surface area contributed by atoms with Gasteiger partial charge in [0, 0.05) is 6.20 Å². The molecule has 0 aliphatic heterocycles. The monoisotopic (exact) mass is 461 g/mol. The Bertz CT molecular complexity index is 1300. The molecule has 0 saturated carbocycles. The Balaban J connectivity index is 1.83. The summed E-state index contributed by atoms with van der Waals surface area (Å²) in [4.78, 5) is 43.2. The molecule has 4 aromatic rings. The van der Waals surface area contributed by atoms with Crippen LogP contribution >= 0.6 is 0 Å². The van der Waals surface area contributed by atoms with Crippen molar-refractivity contribution in [1.29, 1.82) is 0 Å². The van der Waals surface area contributed by atoms with Gasteiger partial charge in [0.05, 0.1) is 40.7 Å². The molecule has 0 amide bonds. The van der Waals surface area contributed by atoms with E-state index in [4.69, 9.17) is 14.6 Å². The van der Waals surface area contributed by atoms with E-state index in [9.17, 15) is 4.79 Å². The molecule has 0 radical (unpaired) electrons. The van der Waals surface area contributed by atoms with Crippen LogP contribution in [0, 0.1) is 6.92 Å². The van der Waals surface area contributed by atoms with Crippen LogP contribution in [-0.4, -0.2) is 26.3 Å². The molecule has 9 heteroatoms. The summed E-state index contributed by atoms with van der Waals surface area (Å²) in [5, 5.41) is 4.09. The molecule has 176 valence electrons. The number of nitrogens with zero attached hydrogens (tertiary/aromatic N) is 4. The van der Waals surface area contributed by atoms with Crippen LogP contribution in [0.2, 0.25) is 0 Å². The van der Waals surface area contributed by atoms with Crippen molar-refractivity contribution in [2.45, 2.75) is 40.0 Å². The third-order valence-corrected chi connectivity index (χ3v) is 5.30. The van der Waals surface area contributed by atoms with E-state index < -0.39 is 5.56 Å². The fraction of sp³-hybridized carbons (Fsp3) is 0.280. The summed E-state index contributed by atoms with van der Waals surface area (Å²) in [6.07, 6.45) is 3.15. The first-order valence-corrected chi connectivity index (χ1v) is 11.1. The molecule has 0 aliphatic carbocycles. The molecule has 3 heterocycles. The van der Waals surface area contributed by atoms with Gasteiger partial charge in [0.2, 0.25) is 0 Å². The van der Waals surface area contributed by atoms with Gasteiger partial charge in [-0.1, -0.05) is 36.4 Å². The van der Waals surface area contributed by atoms with Crippen LogP contribution in [0.5, 0.6) is 0 Å². The van der Waals surface area contributed by atoms with Crippen LogP contribution in [-0.2, 0) is 23.0 Å². The van der Waals surface area contributed by atoms with Crippen LogP contribution in [0.3, 0.4) is 0 Å². The van der Waals surface area contributed by atoms with Crippen LogP contribution < -0.4 is 15.7 Å². The van der Waals surface area contributed by atoms with Gasteiger partial charge in [0.25, 0.3) is 5.56 Å². The smallest absolute Gasteiger partial charge is 0.292 e. The lowest BCUT2D eigenvalue weighted by Gasteiger charge is -2.22. The third kappa shape index (κ3) is 5.05. The van der Waals surface area contributed by atoms with Gasteiger partial charge in [-0.25, -0.2) is 19.7 Å². The van der Waals surface area contributed by atoms with Gasteiger partial charge in [-0.05, 0) is 38.5 Å². The number of aromatic nitrogens is 4. The fourth-order valence-electron chi connectivity index (χ4n) is 3.62. The molecule has 1 aromatic carbocycles. The van der Waals surface area contributed by atoms with Crippen molar-refractivity contribution in [3.05, 3.63) is 93.9 Å². The first kappa shape index (κ1) is 23.3. The van der Waals surface area contributed by atoms with Crippen molar-refractivity contribution in [2.75, 3.05) is 11.9 Å². The molecule has 34 heavy (non-hydrogen) atoms. The normalized spacial score (nSPS) is 12.0. The SMILES string of the molecule is CCOOCc1c(NC(C)c2ccccn2)c2c(C)ncnc2n(OCc2ccccc2)c1=O. The molecule has 0 saturated heterocycles. The van der Waals surface area contributed by atoms with Crippen LogP contribution in [0.1, 0.15) is 42.4 Å². The quantitative estimate of drug-likeness (QED) is 0.216. The maximum atomic E-state index is 13.6. The number of hydrogen-bond donors (Lipinski definition) is 1. The molecule has 0 bridgehead atoms. The number of rotatable bonds is 10. The second kappa shape index (κ2) is 10.9. The Hall–Kier alpha value is -3.82. The van der Waals surface area contributed by atoms with Crippen molar-refractivity contribution in [2.24, 2.45) is 0 Å². The molecule has 1 unspecified atom stereocenters. The fourth-order valence-corrected chi connectivity index (χ4v) is 3.62. The highest BCUT2D eigenvalue weighted by Gasteiger charge is 2.23. The maximum Gasteiger partial charge on any atom is 0.292 e. The lowest BCUT2D eigenvalue weighted by Crippen LogP contribution is -2.32. The van der Waals surface area contributed by atoms with Crippen molar-refractivity contribution >= 4 is 16.7 Å². The molecular formula is C25H27N5O4. The van der Waals surface area contributed by atoms with Crippen LogP contribution in [0.4, 0.5) is 5.69 Å². The van der Waals surface area contributed by atoms with Crippen molar-refractivity contribution in [3.63, 3.8) is 0 Å². The van der Waals surface area contributed by atoms with E-state index in [-0.39, 0.29) is 19.3 Å². The minimum absolute atomic E-state index is 0.0804. The first-order chi connectivity index (χ1) is 16.6.